The Bertz CT molecular complexity index is 561. The van der Waals surface area contributed by atoms with Crippen LogP contribution in [0.3, 0.4) is 0 Å². The van der Waals surface area contributed by atoms with Gasteiger partial charge in [-0.15, -0.1) is 11.3 Å². The molecule has 7 heteroatoms. The van der Waals surface area contributed by atoms with Crippen LogP contribution in [0, 0.1) is 0 Å². The second-order valence-corrected chi connectivity index (χ2v) is 6.72. The van der Waals surface area contributed by atoms with Crippen LogP contribution in [0.4, 0.5) is 11.5 Å². The molecule has 0 aliphatic heterocycles. The monoisotopic (exact) mass is 356 g/mol. The van der Waals surface area contributed by atoms with E-state index in [0.717, 1.165) is 23.2 Å². The summed E-state index contributed by atoms with van der Waals surface area (Å²) in [7, 11) is 0. The molecule has 0 fully saturated rings. The largest absolute Gasteiger partial charge is 0.476 e. The number of hydrogen-bond donors (Lipinski definition) is 2. The number of nitrogens with zero attached hydrogens (tertiary/aromatic N) is 2. The third-order valence-electron chi connectivity index (χ3n) is 2.58. The SMILES string of the molecule is CCCOc1ncnc(NCCc2ccc(Br)s2)c1N. The van der Waals surface area contributed by atoms with Gasteiger partial charge < -0.3 is 15.8 Å². The fourth-order valence-corrected chi connectivity index (χ4v) is 3.11. The highest BCUT2D eigenvalue weighted by molar-refractivity contribution is 9.11. The first-order chi connectivity index (χ1) is 9.70. The predicted octanol–water partition coefficient (Wildman–Crippen LogP) is 3.33. The topological polar surface area (TPSA) is 73.1 Å². The smallest absolute Gasteiger partial charge is 0.242 e. The fourth-order valence-electron chi connectivity index (χ4n) is 1.62. The van der Waals surface area contributed by atoms with Crippen LogP contribution >= 0.6 is 27.3 Å². The first-order valence-corrected chi connectivity index (χ1v) is 8.03. The summed E-state index contributed by atoms with van der Waals surface area (Å²) >= 11 is 5.18. The van der Waals surface area contributed by atoms with Gasteiger partial charge in [-0.2, -0.15) is 4.98 Å². The Hall–Kier alpha value is -1.34. The van der Waals surface area contributed by atoms with Crippen LogP contribution in [0.15, 0.2) is 22.2 Å². The number of ether oxygens (including phenoxy) is 1. The summed E-state index contributed by atoms with van der Waals surface area (Å²) in [5, 5.41) is 3.22. The highest BCUT2D eigenvalue weighted by Gasteiger charge is 2.08. The lowest BCUT2D eigenvalue weighted by Crippen LogP contribution is -2.10. The number of nitrogen functional groups attached to an aromatic ring is 1. The molecule has 0 aliphatic rings. The zero-order chi connectivity index (χ0) is 14.4. The van der Waals surface area contributed by atoms with E-state index in [1.165, 1.54) is 11.2 Å². The van der Waals surface area contributed by atoms with Crippen molar-refractivity contribution < 1.29 is 4.74 Å². The molecule has 0 saturated heterocycles. The van der Waals surface area contributed by atoms with Crippen molar-refractivity contribution in [3.8, 4) is 5.88 Å². The molecule has 0 aromatic carbocycles. The lowest BCUT2D eigenvalue weighted by Gasteiger charge is -2.11. The first-order valence-electron chi connectivity index (χ1n) is 6.42. The lowest BCUT2D eigenvalue weighted by molar-refractivity contribution is 0.306. The quantitative estimate of drug-likeness (QED) is 0.795. The number of aromatic nitrogens is 2. The van der Waals surface area contributed by atoms with Crippen LogP contribution in [-0.2, 0) is 6.42 Å². The van der Waals surface area contributed by atoms with Crippen LogP contribution < -0.4 is 15.8 Å². The number of nitrogens with two attached hydrogens (primary N) is 1. The molecule has 0 aliphatic carbocycles. The van der Waals surface area contributed by atoms with Crippen LogP contribution in [0.1, 0.15) is 18.2 Å². The van der Waals surface area contributed by atoms with E-state index in [0.29, 0.717) is 24.0 Å². The summed E-state index contributed by atoms with van der Waals surface area (Å²) in [6.07, 6.45) is 3.30. The van der Waals surface area contributed by atoms with Gasteiger partial charge in [-0.25, -0.2) is 4.98 Å². The van der Waals surface area contributed by atoms with Gasteiger partial charge in [0.25, 0.3) is 0 Å². The molecule has 2 heterocycles. The molecule has 2 rings (SSSR count). The molecule has 0 radical (unpaired) electrons. The van der Waals surface area contributed by atoms with Gasteiger partial charge >= 0.3 is 0 Å². The molecule has 3 N–H and O–H groups in total. The molecule has 0 unspecified atom stereocenters. The maximum Gasteiger partial charge on any atom is 0.242 e. The second kappa shape index (κ2) is 7.44. The number of rotatable bonds is 7. The van der Waals surface area contributed by atoms with Gasteiger partial charge in [0.2, 0.25) is 5.88 Å². The summed E-state index contributed by atoms with van der Waals surface area (Å²) in [6, 6.07) is 4.16. The molecule has 5 nitrogen and oxygen atoms in total. The predicted molar refractivity (Wildman–Crippen MR) is 86.4 cm³/mol. The molecule has 2 aromatic heterocycles. The van der Waals surface area contributed by atoms with Crippen molar-refractivity contribution in [3.05, 3.63) is 27.1 Å². The highest BCUT2D eigenvalue weighted by atomic mass is 79.9. The number of anilines is 2. The fraction of sp³-hybridized carbons (Fsp3) is 0.385. The summed E-state index contributed by atoms with van der Waals surface area (Å²) in [6.45, 7) is 3.40. The minimum absolute atomic E-state index is 0.447. The van der Waals surface area contributed by atoms with Gasteiger partial charge in [-0.1, -0.05) is 6.92 Å². The molecule has 20 heavy (non-hydrogen) atoms. The average Bonchev–Trinajstić information content (AvgIpc) is 2.85. The summed E-state index contributed by atoms with van der Waals surface area (Å²) in [4.78, 5) is 9.50. The minimum atomic E-state index is 0.447. The molecular weight excluding hydrogens is 340 g/mol. The number of nitrogens with one attached hydrogen (secondary N) is 1. The van der Waals surface area contributed by atoms with Crippen LogP contribution in [-0.4, -0.2) is 23.1 Å². The molecule has 2 aromatic rings. The highest BCUT2D eigenvalue weighted by Crippen LogP contribution is 2.25. The van der Waals surface area contributed by atoms with E-state index < -0.39 is 0 Å². The number of thiophene rings is 1. The van der Waals surface area contributed by atoms with E-state index in [9.17, 15) is 0 Å². The average molecular weight is 357 g/mol. The minimum Gasteiger partial charge on any atom is -0.476 e. The molecular formula is C13H17BrN4OS. The van der Waals surface area contributed by atoms with Crippen LogP contribution in [0.2, 0.25) is 0 Å². The van der Waals surface area contributed by atoms with Crippen molar-refractivity contribution in [2.24, 2.45) is 0 Å². The number of halogens is 1. The molecule has 0 amide bonds. The van der Waals surface area contributed by atoms with Gasteiger partial charge in [-0.05, 0) is 40.9 Å². The van der Waals surface area contributed by atoms with Crippen molar-refractivity contribution in [2.45, 2.75) is 19.8 Å². The van der Waals surface area contributed by atoms with Crippen LogP contribution in [0.5, 0.6) is 5.88 Å². The standard InChI is InChI=1S/C13H17BrN4OS/c1-2-7-19-13-11(15)12(17-8-18-13)16-6-5-9-3-4-10(14)20-9/h3-4,8H,2,5-7,15H2,1H3,(H,16,17,18). The van der Waals surface area contributed by atoms with Gasteiger partial charge in [0.05, 0.1) is 10.4 Å². The third kappa shape index (κ3) is 4.08. The summed E-state index contributed by atoms with van der Waals surface area (Å²) < 4.78 is 6.62. The van der Waals surface area contributed by atoms with E-state index in [1.807, 2.05) is 6.92 Å². The van der Waals surface area contributed by atoms with E-state index in [2.05, 4.69) is 43.3 Å². The van der Waals surface area contributed by atoms with E-state index in [4.69, 9.17) is 10.5 Å². The Morgan fingerprint density at radius 3 is 2.95 bits per heavy atom. The molecule has 108 valence electrons. The zero-order valence-electron chi connectivity index (χ0n) is 11.2. The van der Waals surface area contributed by atoms with Crippen molar-refractivity contribution in [1.29, 1.82) is 0 Å². The summed E-state index contributed by atoms with van der Waals surface area (Å²) in [5.74, 6) is 1.07. The first kappa shape index (κ1) is 15.1. The van der Waals surface area contributed by atoms with E-state index >= 15 is 0 Å². The number of hydrogen-bond acceptors (Lipinski definition) is 6. The van der Waals surface area contributed by atoms with Crippen molar-refractivity contribution in [3.63, 3.8) is 0 Å². The molecule has 0 saturated carbocycles. The maximum absolute atomic E-state index is 5.99. The van der Waals surface area contributed by atoms with Crippen molar-refractivity contribution in [2.75, 3.05) is 24.2 Å². The van der Waals surface area contributed by atoms with Crippen molar-refractivity contribution >= 4 is 38.8 Å². The Labute approximate surface area is 130 Å². The second-order valence-electron chi connectivity index (χ2n) is 4.17. The molecule has 0 bridgehead atoms. The van der Waals surface area contributed by atoms with E-state index in [-0.39, 0.29) is 0 Å². The normalized spacial score (nSPS) is 10.5. The van der Waals surface area contributed by atoms with Crippen molar-refractivity contribution in [1.82, 2.24) is 9.97 Å². The Kier molecular flexibility index (Phi) is 5.60. The molecule has 0 atom stereocenters. The van der Waals surface area contributed by atoms with Gasteiger partial charge in [0.1, 0.15) is 12.0 Å². The molecule has 0 spiro atoms. The maximum atomic E-state index is 5.99. The van der Waals surface area contributed by atoms with Gasteiger partial charge in [0, 0.05) is 11.4 Å². The Morgan fingerprint density at radius 2 is 2.25 bits per heavy atom. The van der Waals surface area contributed by atoms with Gasteiger partial charge in [0.15, 0.2) is 5.82 Å². The van der Waals surface area contributed by atoms with Gasteiger partial charge in [-0.3, -0.25) is 0 Å². The zero-order valence-corrected chi connectivity index (χ0v) is 13.6. The van der Waals surface area contributed by atoms with E-state index in [1.54, 1.807) is 11.3 Å². The lowest BCUT2D eigenvalue weighted by atomic mass is 10.3. The summed E-state index contributed by atoms with van der Waals surface area (Å²) in [5.41, 5.74) is 6.46. The Balaban J connectivity index is 1.92. The van der Waals surface area contributed by atoms with Crippen LogP contribution in [0.25, 0.3) is 0 Å². The third-order valence-corrected chi connectivity index (χ3v) is 4.27. The Morgan fingerprint density at radius 1 is 1.40 bits per heavy atom.